The molecule has 5 nitrogen and oxygen atoms in total. The van der Waals surface area contributed by atoms with Gasteiger partial charge in [0.25, 0.3) is 0 Å². The average molecular weight is 266 g/mol. The van der Waals surface area contributed by atoms with Crippen LogP contribution in [0.2, 0.25) is 19.6 Å². The van der Waals surface area contributed by atoms with Gasteiger partial charge in [0.2, 0.25) is 0 Å². The molecule has 0 saturated heterocycles. The lowest BCUT2D eigenvalue weighted by Gasteiger charge is -2.22. The summed E-state index contributed by atoms with van der Waals surface area (Å²) in [7, 11) is -1.46. The van der Waals surface area contributed by atoms with Gasteiger partial charge in [-0.3, -0.25) is 0 Å². The summed E-state index contributed by atoms with van der Waals surface area (Å²) in [6.07, 6.45) is -1.72. The minimum Gasteiger partial charge on any atom is -0.415 e. The van der Waals surface area contributed by atoms with Crippen LogP contribution in [-0.2, 0) is 18.6 Å². The summed E-state index contributed by atoms with van der Waals surface area (Å²) in [5.41, 5.74) is 0. The number of rotatable bonds is 9. The van der Waals surface area contributed by atoms with Crippen molar-refractivity contribution in [2.24, 2.45) is 0 Å². The molecule has 6 heteroatoms. The molecule has 0 rings (SSSR count). The largest absolute Gasteiger partial charge is 0.415 e. The van der Waals surface area contributed by atoms with Gasteiger partial charge in [-0.05, 0) is 40.4 Å². The van der Waals surface area contributed by atoms with Crippen LogP contribution in [0.1, 0.15) is 20.8 Å². The zero-order valence-corrected chi connectivity index (χ0v) is 12.7. The fraction of sp³-hybridized carbons (Fsp3) is 1.00. The number of hydrogen-bond acceptors (Lipinski definition) is 5. The van der Waals surface area contributed by atoms with E-state index < -0.39 is 20.9 Å². The van der Waals surface area contributed by atoms with Gasteiger partial charge in [0.05, 0.1) is 13.2 Å². The molecule has 0 spiro atoms. The lowest BCUT2D eigenvalue weighted by atomic mass is 10.6. The highest BCUT2D eigenvalue weighted by Gasteiger charge is 2.14. The van der Waals surface area contributed by atoms with Crippen molar-refractivity contribution in [3.63, 3.8) is 0 Å². The molecule has 17 heavy (non-hydrogen) atoms. The SMILES string of the molecule is CC(O)OC(C)OC(C)OCCO[Si](C)(C)C. The monoisotopic (exact) mass is 266 g/mol. The molecule has 1 N–H and O–H groups in total. The van der Waals surface area contributed by atoms with Gasteiger partial charge in [0.1, 0.15) is 0 Å². The van der Waals surface area contributed by atoms with Crippen LogP contribution in [0.25, 0.3) is 0 Å². The standard InChI is InChI=1S/C11H26O5Si/c1-9(12)15-11(3)16-10(2)13-7-8-14-17(4,5)6/h9-12H,7-8H2,1-6H3. The van der Waals surface area contributed by atoms with Crippen LogP contribution >= 0.6 is 0 Å². The van der Waals surface area contributed by atoms with E-state index in [1.165, 1.54) is 6.92 Å². The minimum absolute atomic E-state index is 0.381. The second-order valence-electron chi connectivity index (χ2n) is 4.84. The number of ether oxygens (including phenoxy) is 3. The van der Waals surface area contributed by atoms with E-state index in [0.717, 1.165) is 0 Å². The predicted octanol–water partition coefficient (Wildman–Crippen LogP) is 1.92. The third-order valence-electron chi connectivity index (χ3n) is 1.74. The first-order chi connectivity index (χ1) is 7.70. The van der Waals surface area contributed by atoms with Crippen molar-refractivity contribution in [1.29, 1.82) is 0 Å². The molecule has 0 aliphatic carbocycles. The second-order valence-corrected chi connectivity index (χ2v) is 9.35. The second kappa shape index (κ2) is 8.18. The average Bonchev–Trinajstić information content (AvgIpc) is 2.09. The smallest absolute Gasteiger partial charge is 0.183 e. The Kier molecular flexibility index (Phi) is 8.19. The van der Waals surface area contributed by atoms with Crippen molar-refractivity contribution in [2.75, 3.05) is 13.2 Å². The van der Waals surface area contributed by atoms with Gasteiger partial charge >= 0.3 is 0 Å². The molecule has 0 aromatic heterocycles. The van der Waals surface area contributed by atoms with E-state index in [1.807, 2.05) is 0 Å². The summed E-state index contributed by atoms with van der Waals surface area (Å²) in [5, 5.41) is 8.98. The molecule has 0 bridgehead atoms. The number of hydrogen-bond donors (Lipinski definition) is 1. The first kappa shape index (κ1) is 17.0. The van der Waals surface area contributed by atoms with Crippen LogP contribution in [0.5, 0.6) is 0 Å². The molecular formula is C11H26O5Si. The highest BCUT2D eigenvalue weighted by atomic mass is 28.4. The van der Waals surface area contributed by atoms with E-state index in [1.54, 1.807) is 13.8 Å². The predicted molar refractivity (Wildman–Crippen MR) is 68.0 cm³/mol. The van der Waals surface area contributed by atoms with Crippen LogP contribution < -0.4 is 0 Å². The molecule has 0 radical (unpaired) electrons. The maximum atomic E-state index is 8.98. The van der Waals surface area contributed by atoms with E-state index >= 15 is 0 Å². The molecule has 0 aromatic rings. The third-order valence-corrected chi connectivity index (χ3v) is 2.81. The Balaban J connectivity index is 3.56. The van der Waals surface area contributed by atoms with Crippen LogP contribution in [-0.4, -0.2) is 45.5 Å². The summed E-state index contributed by atoms with van der Waals surface area (Å²) in [4.78, 5) is 0. The minimum atomic E-state index is -1.46. The molecular weight excluding hydrogens is 240 g/mol. The first-order valence-corrected chi connectivity index (χ1v) is 9.36. The van der Waals surface area contributed by atoms with Crippen LogP contribution in [0.3, 0.4) is 0 Å². The van der Waals surface area contributed by atoms with Gasteiger partial charge < -0.3 is 23.7 Å². The zero-order chi connectivity index (χ0) is 13.5. The van der Waals surface area contributed by atoms with Crippen molar-refractivity contribution in [3.05, 3.63) is 0 Å². The summed E-state index contributed by atoms with van der Waals surface area (Å²) in [6, 6.07) is 0. The van der Waals surface area contributed by atoms with Crippen molar-refractivity contribution >= 4 is 8.32 Å². The molecule has 0 aliphatic heterocycles. The van der Waals surface area contributed by atoms with E-state index in [4.69, 9.17) is 23.7 Å². The fourth-order valence-corrected chi connectivity index (χ4v) is 1.88. The maximum Gasteiger partial charge on any atom is 0.183 e. The summed E-state index contributed by atoms with van der Waals surface area (Å²) >= 11 is 0. The molecule has 0 aromatic carbocycles. The molecule has 104 valence electrons. The van der Waals surface area contributed by atoms with E-state index in [9.17, 15) is 0 Å². The van der Waals surface area contributed by atoms with Crippen molar-refractivity contribution in [2.45, 2.75) is 59.3 Å². The summed E-state index contributed by atoms with van der Waals surface area (Å²) in [6.45, 7) is 12.5. The highest BCUT2D eigenvalue weighted by Crippen LogP contribution is 2.05. The van der Waals surface area contributed by atoms with Crippen LogP contribution in [0.4, 0.5) is 0 Å². The number of aliphatic hydroxyl groups is 1. The molecule has 0 aliphatic rings. The lowest BCUT2D eigenvalue weighted by Crippen LogP contribution is -2.29. The Morgan fingerprint density at radius 1 is 0.941 bits per heavy atom. The normalized spacial score (nSPS) is 17.8. The molecule has 3 unspecified atom stereocenters. The van der Waals surface area contributed by atoms with Gasteiger partial charge in [0.15, 0.2) is 27.2 Å². The fourth-order valence-electron chi connectivity index (χ4n) is 1.18. The van der Waals surface area contributed by atoms with Crippen LogP contribution in [0, 0.1) is 0 Å². The van der Waals surface area contributed by atoms with E-state index in [2.05, 4.69) is 19.6 Å². The Hall–Kier alpha value is 0.0169. The summed E-state index contributed by atoms with van der Waals surface area (Å²) in [5.74, 6) is 0. The molecule has 0 saturated carbocycles. The van der Waals surface area contributed by atoms with Crippen molar-refractivity contribution in [3.8, 4) is 0 Å². The van der Waals surface area contributed by atoms with E-state index in [-0.39, 0.29) is 6.29 Å². The molecule has 0 heterocycles. The first-order valence-electron chi connectivity index (χ1n) is 5.95. The molecule has 0 fully saturated rings. The quantitative estimate of drug-likeness (QED) is 0.392. The maximum absolute atomic E-state index is 8.98. The van der Waals surface area contributed by atoms with Gasteiger partial charge in [-0.1, -0.05) is 0 Å². The zero-order valence-electron chi connectivity index (χ0n) is 11.7. The van der Waals surface area contributed by atoms with Gasteiger partial charge in [-0.15, -0.1) is 0 Å². The lowest BCUT2D eigenvalue weighted by molar-refractivity contribution is -0.271. The topological polar surface area (TPSA) is 57.2 Å². The Morgan fingerprint density at radius 2 is 1.53 bits per heavy atom. The third kappa shape index (κ3) is 12.3. The summed E-state index contributed by atoms with van der Waals surface area (Å²) < 4.78 is 21.4. The molecule has 3 atom stereocenters. The Bertz CT molecular complexity index is 193. The van der Waals surface area contributed by atoms with Gasteiger partial charge in [-0.2, -0.15) is 0 Å². The number of aliphatic hydroxyl groups excluding tert-OH is 1. The Morgan fingerprint density at radius 3 is 2.00 bits per heavy atom. The van der Waals surface area contributed by atoms with E-state index in [0.29, 0.717) is 13.2 Å². The van der Waals surface area contributed by atoms with Crippen LogP contribution in [0.15, 0.2) is 0 Å². The van der Waals surface area contributed by atoms with Crippen molar-refractivity contribution < 1.29 is 23.7 Å². The Labute approximate surface area is 105 Å². The van der Waals surface area contributed by atoms with Gasteiger partial charge in [0, 0.05) is 0 Å². The van der Waals surface area contributed by atoms with Gasteiger partial charge in [-0.25, -0.2) is 0 Å². The molecule has 0 amide bonds. The highest BCUT2D eigenvalue weighted by molar-refractivity contribution is 6.69. The van der Waals surface area contributed by atoms with Crippen molar-refractivity contribution in [1.82, 2.24) is 0 Å².